The van der Waals surface area contributed by atoms with Crippen LogP contribution < -0.4 is 19.5 Å². The normalized spacial score (nSPS) is 24.7. The highest BCUT2D eigenvalue weighted by molar-refractivity contribution is 6.12. The van der Waals surface area contributed by atoms with Crippen LogP contribution >= 0.6 is 0 Å². The van der Waals surface area contributed by atoms with Crippen molar-refractivity contribution in [2.24, 2.45) is 5.92 Å². The lowest BCUT2D eigenvalue weighted by Crippen LogP contribution is -2.58. The lowest BCUT2D eigenvalue weighted by molar-refractivity contribution is -0.179. The molecule has 64 heavy (non-hydrogen) atoms. The van der Waals surface area contributed by atoms with Crippen molar-refractivity contribution in [3.8, 4) is 29.1 Å². The second-order valence-corrected chi connectivity index (χ2v) is 16.7. The van der Waals surface area contributed by atoms with Gasteiger partial charge in [0.25, 0.3) is 0 Å². The minimum atomic E-state index is -1.69. The average molecular weight is 861 g/mol. The van der Waals surface area contributed by atoms with Crippen molar-refractivity contribution < 1.29 is 43.5 Å². The number of aliphatic hydroxyl groups is 2. The number of amides is 2. The van der Waals surface area contributed by atoms with Crippen molar-refractivity contribution >= 4 is 23.5 Å². The molecule has 0 unspecified atom stereocenters. The first kappa shape index (κ1) is 41.3. The molecule has 5 aliphatic heterocycles. The molecule has 6 atom stereocenters. The summed E-state index contributed by atoms with van der Waals surface area (Å²) in [4.78, 5) is 53.0. The van der Waals surface area contributed by atoms with Crippen molar-refractivity contribution in [3.05, 3.63) is 155 Å². The van der Waals surface area contributed by atoms with Gasteiger partial charge in [-0.2, -0.15) is 0 Å². The van der Waals surface area contributed by atoms with Gasteiger partial charge in [-0.1, -0.05) is 90.7 Å². The van der Waals surface area contributed by atoms with E-state index in [9.17, 15) is 10.2 Å². The number of rotatable bonds is 10. The van der Waals surface area contributed by atoms with Crippen LogP contribution in [0.2, 0.25) is 0 Å². The SMILES string of the molecule is O=C1O[C@@H](c2ccccc2)[C@@H](c2ccccc2)N2[C@@H](c3cccc(OCCO)c3)[C@]3(C(=O)Nc4ccc(C#CCCO)cc43)[C@@H](C(=O)N3CCN(Cc4ccc5c(c4)OCO5)CC3)[C@H]12. The van der Waals surface area contributed by atoms with Crippen LogP contribution in [0.5, 0.6) is 17.2 Å². The number of cyclic esters (lactones) is 1. The summed E-state index contributed by atoms with van der Waals surface area (Å²) >= 11 is 0. The second kappa shape index (κ2) is 17.5. The highest BCUT2D eigenvalue weighted by Crippen LogP contribution is 2.65. The Labute approximate surface area is 371 Å². The molecule has 13 heteroatoms. The Kier molecular flexibility index (Phi) is 11.3. The Morgan fingerprint density at radius 3 is 2.30 bits per heavy atom. The summed E-state index contributed by atoms with van der Waals surface area (Å²) in [6.07, 6.45) is -0.555. The summed E-state index contributed by atoms with van der Waals surface area (Å²) < 4.78 is 23.7. The third-order valence-corrected chi connectivity index (χ3v) is 13.1. The monoisotopic (exact) mass is 860 g/mol. The number of benzene rings is 5. The Balaban J connectivity index is 1.14. The van der Waals surface area contributed by atoms with Crippen molar-refractivity contribution in [3.63, 3.8) is 0 Å². The molecule has 0 saturated carbocycles. The van der Waals surface area contributed by atoms with Gasteiger partial charge in [0.2, 0.25) is 18.6 Å². The molecule has 0 bridgehead atoms. The van der Waals surface area contributed by atoms with E-state index in [2.05, 4.69) is 27.0 Å². The van der Waals surface area contributed by atoms with Crippen LogP contribution in [0, 0.1) is 17.8 Å². The van der Waals surface area contributed by atoms with E-state index in [1.807, 2.05) is 109 Å². The van der Waals surface area contributed by atoms with Crippen molar-refractivity contribution in [1.82, 2.24) is 14.7 Å². The molecule has 3 N–H and O–H groups in total. The lowest BCUT2D eigenvalue weighted by Gasteiger charge is -2.46. The van der Waals surface area contributed by atoms with Crippen molar-refractivity contribution in [2.75, 3.05) is 58.1 Å². The van der Waals surface area contributed by atoms with Crippen LogP contribution in [0.1, 0.15) is 58.0 Å². The molecule has 0 aromatic heterocycles. The molecule has 10 rings (SSSR count). The van der Waals surface area contributed by atoms with E-state index in [1.165, 1.54) is 0 Å². The fraction of sp³-hybridized carbons (Fsp3) is 0.314. The molecule has 0 radical (unpaired) electrons. The molecule has 326 valence electrons. The maximum absolute atomic E-state index is 15.9. The van der Waals surface area contributed by atoms with Crippen molar-refractivity contribution in [2.45, 2.75) is 42.6 Å². The molecule has 3 fully saturated rings. The van der Waals surface area contributed by atoms with E-state index in [1.54, 1.807) is 17.0 Å². The highest BCUT2D eigenvalue weighted by Gasteiger charge is 2.74. The van der Waals surface area contributed by atoms with Crippen LogP contribution in [0.4, 0.5) is 5.69 Å². The molecule has 5 heterocycles. The summed E-state index contributed by atoms with van der Waals surface area (Å²) in [5.41, 5.74) is 3.28. The van der Waals surface area contributed by atoms with Gasteiger partial charge in [0.1, 0.15) is 29.9 Å². The third-order valence-electron chi connectivity index (χ3n) is 13.1. The molecule has 2 amide bonds. The van der Waals surface area contributed by atoms with Crippen LogP contribution in [0.25, 0.3) is 0 Å². The van der Waals surface area contributed by atoms with Crippen molar-refractivity contribution in [1.29, 1.82) is 0 Å². The first-order valence-corrected chi connectivity index (χ1v) is 21.8. The number of morpholine rings is 1. The van der Waals surface area contributed by atoms with Crippen LogP contribution in [-0.2, 0) is 31.1 Å². The number of carbonyl (C=O) groups is 3. The number of nitrogens with zero attached hydrogens (tertiary/aromatic N) is 3. The van der Waals surface area contributed by atoms with E-state index in [0.717, 1.165) is 16.7 Å². The zero-order valence-corrected chi connectivity index (χ0v) is 35.1. The van der Waals surface area contributed by atoms with E-state index in [4.69, 9.17) is 18.9 Å². The largest absolute Gasteiger partial charge is 0.491 e. The highest BCUT2D eigenvalue weighted by atomic mass is 16.7. The summed E-state index contributed by atoms with van der Waals surface area (Å²) in [5, 5.41) is 22.5. The van der Waals surface area contributed by atoms with E-state index in [-0.39, 0.29) is 38.9 Å². The predicted molar refractivity (Wildman–Crippen MR) is 235 cm³/mol. The van der Waals surface area contributed by atoms with Gasteiger partial charge in [-0.05, 0) is 70.3 Å². The summed E-state index contributed by atoms with van der Waals surface area (Å²) in [6, 6.07) is 35.3. The van der Waals surface area contributed by atoms with Gasteiger partial charge in [-0.15, -0.1) is 0 Å². The number of ether oxygens (including phenoxy) is 4. The molecule has 5 aliphatic rings. The number of carbonyl (C=O) groups excluding carboxylic acids is 3. The predicted octanol–water partition coefficient (Wildman–Crippen LogP) is 5.14. The average Bonchev–Trinajstić information content (AvgIpc) is 4.01. The van der Waals surface area contributed by atoms with Gasteiger partial charge >= 0.3 is 5.97 Å². The zero-order chi connectivity index (χ0) is 43.8. The Morgan fingerprint density at radius 2 is 1.53 bits per heavy atom. The number of piperazine rings is 1. The topological polar surface area (TPSA) is 150 Å². The standard InChI is InChI=1S/C51H48N4O9/c56-25-8-7-10-33-17-19-40-39(28-33)51(50(60)52-40)43(48(58)54-23-21-53(22-24-54)31-34-18-20-41-42(29-34)63-32-62-41)45-49(59)64-46(36-13-5-2-6-14-36)44(35-11-3-1-4-12-35)55(45)47(51)37-15-9-16-38(30-37)61-27-26-57/h1-6,9,11-20,28-30,43-47,56-57H,8,21-27,31-32H2,(H,52,60)/t43-,44-,45-,46+,47+,51-/m1/s1. The second-order valence-electron chi connectivity index (χ2n) is 16.7. The number of hydrogen-bond acceptors (Lipinski definition) is 11. The maximum atomic E-state index is 15.9. The molecule has 0 aliphatic carbocycles. The minimum Gasteiger partial charge on any atom is -0.491 e. The minimum absolute atomic E-state index is 0.0432. The Bertz CT molecular complexity index is 2630. The van der Waals surface area contributed by atoms with Gasteiger partial charge in [-0.25, -0.2) is 0 Å². The molecular formula is C51H48N4O9. The third kappa shape index (κ3) is 7.22. The van der Waals surface area contributed by atoms with Crippen LogP contribution in [0.3, 0.4) is 0 Å². The van der Waals surface area contributed by atoms with E-state index < -0.39 is 47.4 Å². The van der Waals surface area contributed by atoms with E-state index in [0.29, 0.717) is 72.4 Å². The number of aliphatic hydroxyl groups excluding tert-OH is 2. The van der Waals surface area contributed by atoms with Gasteiger partial charge in [0.15, 0.2) is 11.5 Å². The zero-order valence-electron chi connectivity index (χ0n) is 35.1. The molecule has 1 spiro atoms. The first-order valence-electron chi connectivity index (χ1n) is 21.8. The lowest BCUT2D eigenvalue weighted by atomic mass is 9.65. The van der Waals surface area contributed by atoms with Gasteiger partial charge in [-0.3, -0.25) is 24.2 Å². The number of esters is 1. The molecular weight excluding hydrogens is 813 g/mol. The molecule has 3 saturated heterocycles. The number of fused-ring (bicyclic) bond motifs is 4. The Hall–Kier alpha value is -6.69. The van der Waals surface area contributed by atoms with Gasteiger partial charge < -0.3 is 39.4 Å². The fourth-order valence-corrected chi connectivity index (χ4v) is 10.4. The number of anilines is 1. The molecule has 5 aromatic rings. The van der Waals surface area contributed by atoms with Gasteiger partial charge in [0, 0.05) is 50.4 Å². The molecule has 13 nitrogen and oxygen atoms in total. The maximum Gasteiger partial charge on any atom is 0.324 e. The summed E-state index contributed by atoms with van der Waals surface area (Å²) in [5.74, 6) is 5.46. The van der Waals surface area contributed by atoms with Crippen LogP contribution in [0.15, 0.2) is 121 Å². The smallest absolute Gasteiger partial charge is 0.324 e. The summed E-state index contributed by atoms with van der Waals surface area (Å²) in [7, 11) is 0. The van der Waals surface area contributed by atoms with E-state index >= 15 is 14.4 Å². The number of nitrogens with one attached hydrogen (secondary N) is 1. The molecule has 5 aromatic carbocycles. The summed E-state index contributed by atoms with van der Waals surface area (Å²) in [6.45, 7) is 2.40. The first-order chi connectivity index (χ1) is 31.4. The van der Waals surface area contributed by atoms with Gasteiger partial charge in [0.05, 0.1) is 31.2 Å². The quantitative estimate of drug-likeness (QED) is 0.127. The fourth-order valence-electron chi connectivity index (χ4n) is 10.4. The Morgan fingerprint density at radius 1 is 0.781 bits per heavy atom. The number of hydrogen-bond donors (Lipinski definition) is 3. The van der Waals surface area contributed by atoms with Crippen LogP contribution in [-0.4, -0.2) is 102 Å².